The molecule has 1 saturated heterocycles. The minimum absolute atomic E-state index is 0.0250. The number of nitrogens with one attached hydrogen (secondary N) is 1. The number of nitrogens with zero attached hydrogens (tertiary/aromatic N) is 1. The first-order chi connectivity index (χ1) is 12.1. The summed E-state index contributed by atoms with van der Waals surface area (Å²) < 4.78 is 6.50. The van der Waals surface area contributed by atoms with E-state index in [1.165, 1.54) is 0 Å². The topological polar surface area (TPSA) is 58.6 Å². The van der Waals surface area contributed by atoms with Crippen LogP contribution in [0.4, 0.5) is 5.69 Å². The highest BCUT2D eigenvalue weighted by molar-refractivity contribution is 9.10. The molecule has 0 aliphatic carbocycles. The summed E-state index contributed by atoms with van der Waals surface area (Å²) in [7, 11) is 0. The Labute approximate surface area is 155 Å². The number of ether oxygens (including phenoxy) is 1. The standard InChI is InChI=1S/C19H19BrN2O3/c20-15-6-8-16(9-7-15)22-13-14(12-18(22)23)19(24)21-10-11-25-17-4-2-1-3-5-17/h1-9,14H,10-13H2,(H,21,24)/t14-/m1/s1. The van der Waals surface area contributed by atoms with E-state index < -0.39 is 0 Å². The summed E-state index contributed by atoms with van der Waals surface area (Å²) in [5, 5.41) is 2.85. The van der Waals surface area contributed by atoms with E-state index in [0.717, 1.165) is 15.9 Å². The van der Waals surface area contributed by atoms with Gasteiger partial charge in [0.2, 0.25) is 11.8 Å². The quantitative estimate of drug-likeness (QED) is 0.755. The van der Waals surface area contributed by atoms with Crippen molar-refractivity contribution in [2.75, 3.05) is 24.6 Å². The third kappa shape index (κ3) is 4.60. The van der Waals surface area contributed by atoms with Gasteiger partial charge in [-0.15, -0.1) is 0 Å². The van der Waals surface area contributed by atoms with E-state index >= 15 is 0 Å². The fraction of sp³-hybridized carbons (Fsp3) is 0.263. The Hall–Kier alpha value is -2.34. The van der Waals surface area contributed by atoms with Gasteiger partial charge in [0.15, 0.2) is 0 Å². The van der Waals surface area contributed by atoms with Crippen LogP contribution in [0.1, 0.15) is 6.42 Å². The van der Waals surface area contributed by atoms with Gasteiger partial charge in [-0.05, 0) is 36.4 Å². The molecular weight excluding hydrogens is 384 g/mol. The summed E-state index contributed by atoms with van der Waals surface area (Å²) in [6.45, 7) is 1.22. The molecule has 1 heterocycles. The van der Waals surface area contributed by atoms with Crippen LogP contribution in [0.15, 0.2) is 59.1 Å². The van der Waals surface area contributed by atoms with Gasteiger partial charge in [0.25, 0.3) is 0 Å². The van der Waals surface area contributed by atoms with Crippen LogP contribution >= 0.6 is 15.9 Å². The van der Waals surface area contributed by atoms with Crippen molar-refractivity contribution < 1.29 is 14.3 Å². The lowest BCUT2D eigenvalue weighted by molar-refractivity contribution is -0.126. The fourth-order valence-corrected chi connectivity index (χ4v) is 3.02. The molecule has 0 radical (unpaired) electrons. The first-order valence-corrected chi connectivity index (χ1v) is 8.94. The summed E-state index contributed by atoms with van der Waals surface area (Å²) in [6.07, 6.45) is 0.238. The highest BCUT2D eigenvalue weighted by atomic mass is 79.9. The summed E-state index contributed by atoms with van der Waals surface area (Å²) >= 11 is 3.38. The van der Waals surface area contributed by atoms with E-state index in [2.05, 4.69) is 21.2 Å². The lowest BCUT2D eigenvalue weighted by Crippen LogP contribution is -2.35. The van der Waals surface area contributed by atoms with Crippen LogP contribution in [0.2, 0.25) is 0 Å². The van der Waals surface area contributed by atoms with Crippen LogP contribution in [0.3, 0.4) is 0 Å². The van der Waals surface area contributed by atoms with Crippen LogP contribution < -0.4 is 15.0 Å². The van der Waals surface area contributed by atoms with Gasteiger partial charge < -0.3 is 15.0 Å². The first-order valence-electron chi connectivity index (χ1n) is 8.15. The van der Waals surface area contributed by atoms with Crippen LogP contribution in [0.5, 0.6) is 5.75 Å². The molecule has 2 amide bonds. The van der Waals surface area contributed by atoms with E-state index in [4.69, 9.17) is 4.74 Å². The Morgan fingerprint density at radius 2 is 1.88 bits per heavy atom. The molecule has 0 unspecified atom stereocenters. The van der Waals surface area contributed by atoms with Gasteiger partial charge in [-0.2, -0.15) is 0 Å². The Morgan fingerprint density at radius 3 is 2.60 bits per heavy atom. The Morgan fingerprint density at radius 1 is 1.16 bits per heavy atom. The van der Waals surface area contributed by atoms with Gasteiger partial charge >= 0.3 is 0 Å². The van der Waals surface area contributed by atoms with Crippen LogP contribution in [-0.2, 0) is 9.59 Å². The van der Waals surface area contributed by atoms with Crippen molar-refractivity contribution in [1.82, 2.24) is 5.32 Å². The molecule has 0 saturated carbocycles. The largest absolute Gasteiger partial charge is 0.492 e. The number of amides is 2. The molecular formula is C19H19BrN2O3. The number of hydrogen-bond donors (Lipinski definition) is 1. The zero-order valence-electron chi connectivity index (χ0n) is 13.7. The van der Waals surface area contributed by atoms with Crippen molar-refractivity contribution in [2.45, 2.75) is 6.42 Å². The molecule has 0 bridgehead atoms. The van der Waals surface area contributed by atoms with Crippen LogP contribution in [-0.4, -0.2) is 31.5 Å². The number of para-hydroxylation sites is 1. The SMILES string of the molecule is O=C(NCCOc1ccccc1)[C@@H]1CC(=O)N(c2ccc(Br)cc2)C1. The normalized spacial score (nSPS) is 16.8. The second kappa shape index (κ2) is 8.16. The summed E-state index contributed by atoms with van der Waals surface area (Å²) in [6, 6.07) is 17.0. The molecule has 1 atom stereocenters. The Kier molecular flexibility index (Phi) is 5.71. The van der Waals surface area contributed by atoms with Crippen molar-refractivity contribution in [3.8, 4) is 5.75 Å². The van der Waals surface area contributed by atoms with Crippen LogP contribution in [0.25, 0.3) is 0 Å². The lowest BCUT2D eigenvalue weighted by atomic mass is 10.1. The molecule has 0 aromatic heterocycles. The molecule has 1 fully saturated rings. The van der Waals surface area contributed by atoms with E-state index in [0.29, 0.717) is 19.7 Å². The van der Waals surface area contributed by atoms with Gasteiger partial charge in [-0.3, -0.25) is 9.59 Å². The van der Waals surface area contributed by atoms with Crippen LogP contribution in [0, 0.1) is 5.92 Å². The Balaban J connectivity index is 1.46. The van der Waals surface area contributed by atoms with Crippen molar-refractivity contribution in [3.05, 3.63) is 59.1 Å². The zero-order valence-corrected chi connectivity index (χ0v) is 15.2. The van der Waals surface area contributed by atoms with Crippen molar-refractivity contribution in [2.24, 2.45) is 5.92 Å². The third-order valence-corrected chi connectivity index (χ3v) is 4.58. The van der Waals surface area contributed by atoms with Gasteiger partial charge in [-0.1, -0.05) is 34.1 Å². The van der Waals surface area contributed by atoms with Crippen molar-refractivity contribution in [1.29, 1.82) is 0 Å². The van der Waals surface area contributed by atoms with E-state index in [-0.39, 0.29) is 24.2 Å². The number of hydrogen-bond acceptors (Lipinski definition) is 3. The molecule has 1 N–H and O–H groups in total. The van der Waals surface area contributed by atoms with E-state index in [1.54, 1.807) is 4.90 Å². The maximum atomic E-state index is 12.3. The number of benzene rings is 2. The maximum absolute atomic E-state index is 12.3. The fourth-order valence-electron chi connectivity index (χ4n) is 2.76. The molecule has 6 heteroatoms. The minimum atomic E-state index is -0.326. The highest BCUT2D eigenvalue weighted by Crippen LogP contribution is 2.26. The molecule has 130 valence electrons. The van der Waals surface area contributed by atoms with Gasteiger partial charge in [0, 0.05) is 23.1 Å². The summed E-state index contributed by atoms with van der Waals surface area (Å²) in [5.74, 6) is 0.315. The number of carbonyl (C=O) groups is 2. The van der Waals surface area contributed by atoms with E-state index in [9.17, 15) is 9.59 Å². The Bertz CT molecular complexity index is 734. The van der Waals surface area contributed by atoms with E-state index in [1.807, 2.05) is 54.6 Å². The average molecular weight is 403 g/mol. The smallest absolute Gasteiger partial charge is 0.227 e. The monoisotopic (exact) mass is 402 g/mol. The predicted molar refractivity (Wildman–Crippen MR) is 99.5 cm³/mol. The van der Waals surface area contributed by atoms with Gasteiger partial charge in [0.05, 0.1) is 12.5 Å². The molecule has 25 heavy (non-hydrogen) atoms. The lowest BCUT2D eigenvalue weighted by Gasteiger charge is -2.16. The predicted octanol–water partition coefficient (Wildman–Crippen LogP) is 3.00. The molecule has 2 aromatic carbocycles. The second-order valence-electron chi connectivity index (χ2n) is 5.83. The van der Waals surface area contributed by atoms with Crippen molar-refractivity contribution in [3.63, 3.8) is 0 Å². The number of carbonyl (C=O) groups excluding carboxylic acids is 2. The molecule has 2 aromatic rings. The van der Waals surface area contributed by atoms with Gasteiger partial charge in [-0.25, -0.2) is 0 Å². The molecule has 3 rings (SSSR count). The number of anilines is 1. The maximum Gasteiger partial charge on any atom is 0.227 e. The summed E-state index contributed by atoms with van der Waals surface area (Å²) in [5.41, 5.74) is 0.816. The second-order valence-corrected chi connectivity index (χ2v) is 6.75. The number of rotatable bonds is 6. The van der Waals surface area contributed by atoms with Gasteiger partial charge in [0.1, 0.15) is 12.4 Å². The molecule has 0 spiro atoms. The summed E-state index contributed by atoms with van der Waals surface area (Å²) in [4.78, 5) is 26.1. The van der Waals surface area contributed by atoms with Crippen molar-refractivity contribution >= 4 is 33.4 Å². The zero-order chi connectivity index (χ0) is 17.6. The number of halogens is 1. The molecule has 5 nitrogen and oxygen atoms in total. The minimum Gasteiger partial charge on any atom is -0.492 e. The third-order valence-electron chi connectivity index (χ3n) is 4.05. The average Bonchev–Trinajstić information content (AvgIpc) is 3.02. The molecule has 1 aliphatic rings. The highest BCUT2D eigenvalue weighted by Gasteiger charge is 2.34. The molecule has 1 aliphatic heterocycles. The first kappa shape index (κ1) is 17.5.